The van der Waals surface area contributed by atoms with Crippen LogP contribution in [0.3, 0.4) is 0 Å². The van der Waals surface area contributed by atoms with E-state index in [4.69, 9.17) is 4.74 Å². The molecule has 1 N–H and O–H groups in total. The summed E-state index contributed by atoms with van der Waals surface area (Å²) < 4.78 is 7.78. The molecule has 1 amide bonds. The number of ether oxygens (including phenoxy) is 1. The van der Waals surface area contributed by atoms with Gasteiger partial charge in [0, 0.05) is 31.2 Å². The molecule has 25 heavy (non-hydrogen) atoms. The Balaban J connectivity index is 1.76. The molecule has 0 saturated carbocycles. The maximum absolute atomic E-state index is 13.1. The lowest BCUT2D eigenvalue weighted by Crippen LogP contribution is -2.48. The maximum Gasteiger partial charge on any atom is 0.274 e. The van der Waals surface area contributed by atoms with E-state index in [0.717, 1.165) is 29.4 Å². The normalized spacial score (nSPS) is 21.2. The van der Waals surface area contributed by atoms with Crippen molar-refractivity contribution in [3.63, 3.8) is 0 Å². The van der Waals surface area contributed by atoms with Crippen molar-refractivity contribution in [2.75, 3.05) is 31.6 Å². The lowest BCUT2D eigenvalue weighted by atomic mass is 10.2. The van der Waals surface area contributed by atoms with Gasteiger partial charge in [-0.25, -0.2) is 4.98 Å². The van der Waals surface area contributed by atoms with Crippen LogP contribution in [-0.2, 0) is 11.3 Å². The Labute approximate surface area is 156 Å². The van der Waals surface area contributed by atoms with Crippen LogP contribution in [0.4, 0.5) is 0 Å². The zero-order chi connectivity index (χ0) is 17.8. The SMILES string of the molecule is CSCCCNCc1c(C(=O)N2CC(C)OC(C)C2)nc2sccn12. The Bertz CT molecular complexity index is 705. The van der Waals surface area contributed by atoms with Crippen LogP contribution < -0.4 is 5.32 Å². The fourth-order valence-electron chi connectivity index (χ4n) is 3.21. The molecule has 6 nitrogen and oxygen atoms in total. The van der Waals surface area contributed by atoms with Crippen molar-refractivity contribution in [2.45, 2.75) is 39.0 Å². The molecule has 3 heterocycles. The monoisotopic (exact) mass is 382 g/mol. The van der Waals surface area contributed by atoms with Gasteiger partial charge in [0.15, 0.2) is 10.7 Å². The fourth-order valence-corrected chi connectivity index (χ4v) is 4.38. The number of nitrogens with zero attached hydrogens (tertiary/aromatic N) is 3. The summed E-state index contributed by atoms with van der Waals surface area (Å²) in [6.07, 6.45) is 5.35. The van der Waals surface area contributed by atoms with E-state index in [1.54, 1.807) is 11.3 Å². The number of carbonyl (C=O) groups excluding carboxylic acids is 1. The van der Waals surface area contributed by atoms with Gasteiger partial charge in [0.05, 0.1) is 17.9 Å². The third-order valence-corrected chi connectivity index (χ3v) is 5.72. The highest BCUT2D eigenvalue weighted by molar-refractivity contribution is 7.98. The molecule has 0 spiro atoms. The Kier molecular flexibility index (Phi) is 6.38. The minimum atomic E-state index is 0.0128. The van der Waals surface area contributed by atoms with Gasteiger partial charge in [-0.2, -0.15) is 11.8 Å². The van der Waals surface area contributed by atoms with Crippen molar-refractivity contribution >= 4 is 34.0 Å². The number of morpholine rings is 1. The lowest BCUT2D eigenvalue weighted by molar-refractivity contribution is -0.0587. The van der Waals surface area contributed by atoms with E-state index in [-0.39, 0.29) is 18.1 Å². The predicted octanol–water partition coefficient (Wildman–Crippen LogP) is 2.49. The molecule has 3 rings (SSSR count). The summed E-state index contributed by atoms with van der Waals surface area (Å²) in [6.45, 7) is 6.86. The van der Waals surface area contributed by atoms with E-state index in [0.29, 0.717) is 25.3 Å². The van der Waals surface area contributed by atoms with E-state index in [1.165, 1.54) is 0 Å². The minimum Gasteiger partial charge on any atom is -0.372 e. The van der Waals surface area contributed by atoms with E-state index in [1.807, 2.05) is 46.5 Å². The third-order valence-electron chi connectivity index (χ3n) is 4.26. The summed E-state index contributed by atoms with van der Waals surface area (Å²) >= 11 is 3.41. The van der Waals surface area contributed by atoms with Crippen molar-refractivity contribution in [3.8, 4) is 0 Å². The molecule has 2 aromatic heterocycles. The number of hydrogen-bond acceptors (Lipinski definition) is 6. The highest BCUT2D eigenvalue weighted by atomic mass is 32.2. The zero-order valence-corrected chi connectivity index (χ0v) is 16.7. The molecule has 1 aliphatic rings. The first kappa shape index (κ1) is 18.7. The summed E-state index contributed by atoms with van der Waals surface area (Å²) in [6, 6.07) is 0. The number of rotatable bonds is 7. The van der Waals surface area contributed by atoms with Crippen LogP contribution in [-0.4, -0.2) is 64.0 Å². The molecule has 0 aromatic carbocycles. The molecule has 2 atom stereocenters. The van der Waals surface area contributed by atoms with Gasteiger partial charge in [-0.1, -0.05) is 0 Å². The quantitative estimate of drug-likeness (QED) is 0.746. The van der Waals surface area contributed by atoms with Crippen LogP contribution in [0.2, 0.25) is 0 Å². The third kappa shape index (κ3) is 4.36. The second-order valence-corrected chi connectivity index (χ2v) is 8.31. The summed E-state index contributed by atoms with van der Waals surface area (Å²) in [4.78, 5) is 20.5. The van der Waals surface area contributed by atoms with Crippen LogP contribution >= 0.6 is 23.1 Å². The first-order valence-corrected chi connectivity index (χ1v) is 11.0. The van der Waals surface area contributed by atoms with Crippen LogP contribution in [0, 0.1) is 0 Å². The molecule has 0 radical (unpaired) electrons. The van der Waals surface area contributed by atoms with Gasteiger partial charge in [-0.15, -0.1) is 11.3 Å². The maximum atomic E-state index is 13.1. The van der Waals surface area contributed by atoms with Gasteiger partial charge < -0.3 is 15.0 Å². The van der Waals surface area contributed by atoms with Crippen molar-refractivity contribution in [1.29, 1.82) is 0 Å². The van der Waals surface area contributed by atoms with Gasteiger partial charge in [0.25, 0.3) is 5.91 Å². The van der Waals surface area contributed by atoms with Gasteiger partial charge in [0.1, 0.15) is 0 Å². The number of imidazole rings is 1. The average Bonchev–Trinajstić information content (AvgIpc) is 3.15. The topological polar surface area (TPSA) is 58.9 Å². The highest BCUT2D eigenvalue weighted by Gasteiger charge is 2.30. The van der Waals surface area contributed by atoms with E-state index in [2.05, 4.69) is 16.6 Å². The van der Waals surface area contributed by atoms with Crippen LogP contribution in [0.25, 0.3) is 4.96 Å². The molecule has 8 heteroatoms. The van der Waals surface area contributed by atoms with Gasteiger partial charge in [-0.05, 0) is 38.8 Å². The average molecular weight is 383 g/mol. The molecule has 138 valence electrons. The first-order chi connectivity index (χ1) is 12.1. The fraction of sp³-hybridized carbons (Fsp3) is 0.647. The van der Waals surface area contributed by atoms with Crippen LogP contribution in [0.15, 0.2) is 11.6 Å². The summed E-state index contributed by atoms with van der Waals surface area (Å²) in [5.74, 6) is 1.15. The Morgan fingerprint density at radius 1 is 1.44 bits per heavy atom. The largest absolute Gasteiger partial charge is 0.372 e. The zero-order valence-electron chi connectivity index (χ0n) is 15.0. The highest BCUT2D eigenvalue weighted by Crippen LogP contribution is 2.21. The number of amides is 1. The Morgan fingerprint density at radius 2 is 2.20 bits per heavy atom. The molecule has 1 aliphatic heterocycles. The number of carbonyl (C=O) groups is 1. The van der Waals surface area contributed by atoms with Crippen molar-refractivity contribution in [2.24, 2.45) is 0 Å². The Morgan fingerprint density at radius 3 is 2.92 bits per heavy atom. The smallest absolute Gasteiger partial charge is 0.274 e. The number of hydrogen-bond donors (Lipinski definition) is 1. The number of nitrogens with one attached hydrogen (secondary N) is 1. The molecule has 0 aliphatic carbocycles. The van der Waals surface area contributed by atoms with Crippen LogP contribution in [0.1, 0.15) is 36.5 Å². The summed E-state index contributed by atoms with van der Waals surface area (Å²) in [5.41, 5.74) is 1.53. The molecule has 1 fully saturated rings. The summed E-state index contributed by atoms with van der Waals surface area (Å²) in [5, 5.41) is 5.46. The molecule has 2 unspecified atom stereocenters. The number of aromatic nitrogens is 2. The number of thioether (sulfide) groups is 1. The molecular formula is C17H26N4O2S2. The van der Waals surface area contributed by atoms with Crippen molar-refractivity contribution < 1.29 is 9.53 Å². The number of fused-ring (bicyclic) bond motifs is 1. The Hall–Kier alpha value is -1.09. The van der Waals surface area contributed by atoms with E-state index < -0.39 is 0 Å². The van der Waals surface area contributed by atoms with Crippen LogP contribution in [0.5, 0.6) is 0 Å². The van der Waals surface area contributed by atoms with Gasteiger partial charge in [0.2, 0.25) is 0 Å². The molecular weight excluding hydrogens is 356 g/mol. The molecule has 1 saturated heterocycles. The standard InChI is InChI=1S/C17H26N4O2S2/c1-12-10-20(11-13(2)23-12)16(22)15-14(9-18-5-4-7-24-3)21-6-8-25-17(21)19-15/h6,8,12-13,18H,4-5,7,9-11H2,1-3H3. The molecule has 2 aromatic rings. The predicted molar refractivity (Wildman–Crippen MR) is 104 cm³/mol. The van der Waals surface area contributed by atoms with Gasteiger partial charge >= 0.3 is 0 Å². The lowest BCUT2D eigenvalue weighted by Gasteiger charge is -2.35. The second-order valence-electron chi connectivity index (χ2n) is 6.45. The first-order valence-electron chi connectivity index (χ1n) is 8.69. The second kappa shape index (κ2) is 8.53. The minimum absolute atomic E-state index is 0.0128. The number of thiazole rings is 1. The summed E-state index contributed by atoms with van der Waals surface area (Å²) in [7, 11) is 0. The van der Waals surface area contributed by atoms with Crippen molar-refractivity contribution in [3.05, 3.63) is 23.0 Å². The van der Waals surface area contributed by atoms with E-state index in [9.17, 15) is 4.79 Å². The van der Waals surface area contributed by atoms with Gasteiger partial charge in [-0.3, -0.25) is 9.20 Å². The van der Waals surface area contributed by atoms with Crippen molar-refractivity contribution in [1.82, 2.24) is 19.6 Å². The molecule has 0 bridgehead atoms. The van der Waals surface area contributed by atoms with E-state index >= 15 is 0 Å².